The van der Waals surface area contributed by atoms with Gasteiger partial charge in [0.1, 0.15) is 22.6 Å². The van der Waals surface area contributed by atoms with E-state index in [0.717, 1.165) is 33.3 Å². The van der Waals surface area contributed by atoms with Crippen LogP contribution in [-0.2, 0) is 16.1 Å². The molecule has 138 valence electrons. The van der Waals surface area contributed by atoms with Crippen molar-refractivity contribution in [3.8, 4) is 11.4 Å². The van der Waals surface area contributed by atoms with Crippen molar-refractivity contribution in [1.82, 2.24) is 19.7 Å². The summed E-state index contributed by atoms with van der Waals surface area (Å²) < 4.78 is 7.72. The molecule has 2 heterocycles. The van der Waals surface area contributed by atoms with Crippen molar-refractivity contribution in [2.75, 3.05) is 0 Å². The molecule has 2 aromatic heterocycles. The lowest BCUT2D eigenvalue weighted by molar-refractivity contribution is -0.155. The standard InChI is InChI=1S/C20H19BrN4O2/c1-20(2,3)27-17(26)11-25-16-9-8-12(10-13(16)18(21)24-25)19-22-14-6-4-5-7-15(14)23-19/h4-10H,11H2,1-3H3,(H,22,23). The number of rotatable bonds is 3. The zero-order valence-corrected chi connectivity index (χ0v) is 16.9. The summed E-state index contributed by atoms with van der Waals surface area (Å²) in [5.74, 6) is 0.477. The zero-order chi connectivity index (χ0) is 19.2. The Balaban J connectivity index is 1.69. The van der Waals surface area contributed by atoms with Crippen molar-refractivity contribution >= 4 is 43.8 Å². The van der Waals surface area contributed by atoms with Gasteiger partial charge in [0.15, 0.2) is 0 Å². The highest BCUT2D eigenvalue weighted by molar-refractivity contribution is 9.10. The molecule has 0 saturated heterocycles. The topological polar surface area (TPSA) is 72.8 Å². The molecule has 0 atom stereocenters. The van der Waals surface area contributed by atoms with Gasteiger partial charge in [0.05, 0.1) is 16.6 Å². The SMILES string of the molecule is CC(C)(C)OC(=O)Cn1nc(Br)c2cc(-c3nc4ccccc4[nH]3)ccc21. The number of nitrogens with zero attached hydrogens (tertiary/aromatic N) is 3. The Kier molecular flexibility index (Phi) is 4.26. The summed E-state index contributed by atoms with van der Waals surface area (Å²) in [5, 5.41) is 5.35. The van der Waals surface area contributed by atoms with Crippen LogP contribution < -0.4 is 0 Å². The number of aromatic amines is 1. The van der Waals surface area contributed by atoms with E-state index in [4.69, 9.17) is 4.74 Å². The summed E-state index contributed by atoms with van der Waals surface area (Å²) in [7, 11) is 0. The number of fused-ring (bicyclic) bond motifs is 2. The summed E-state index contributed by atoms with van der Waals surface area (Å²) >= 11 is 3.50. The molecule has 1 N–H and O–H groups in total. The normalized spacial score (nSPS) is 12.0. The number of aromatic nitrogens is 4. The molecule has 0 bridgehead atoms. The fourth-order valence-electron chi connectivity index (χ4n) is 2.99. The lowest BCUT2D eigenvalue weighted by Gasteiger charge is -2.19. The van der Waals surface area contributed by atoms with E-state index in [9.17, 15) is 4.79 Å². The molecule has 7 heteroatoms. The van der Waals surface area contributed by atoms with Crippen molar-refractivity contribution in [2.24, 2.45) is 0 Å². The summed E-state index contributed by atoms with van der Waals surface area (Å²) in [4.78, 5) is 20.1. The van der Waals surface area contributed by atoms with Crippen LogP contribution in [0.3, 0.4) is 0 Å². The van der Waals surface area contributed by atoms with Crippen molar-refractivity contribution in [1.29, 1.82) is 0 Å². The van der Waals surface area contributed by atoms with Crippen LogP contribution in [0.15, 0.2) is 47.1 Å². The van der Waals surface area contributed by atoms with Gasteiger partial charge in [0.2, 0.25) is 0 Å². The number of esters is 1. The average Bonchev–Trinajstić information content (AvgIpc) is 3.15. The molecular weight excluding hydrogens is 408 g/mol. The fourth-order valence-corrected chi connectivity index (χ4v) is 3.50. The molecule has 0 aliphatic heterocycles. The van der Waals surface area contributed by atoms with Gasteiger partial charge in [-0.3, -0.25) is 9.48 Å². The van der Waals surface area contributed by atoms with E-state index in [0.29, 0.717) is 4.60 Å². The van der Waals surface area contributed by atoms with Gasteiger partial charge in [-0.1, -0.05) is 12.1 Å². The number of para-hydroxylation sites is 2. The summed E-state index contributed by atoms with van der Waals surface area (Å²) in [6.07, 6.45) is 0. The van der Waals surface area contributed by atoms with Gasteiger partial charge >= 0.3 is 5.97 Å². The van der Waals surface area contributed by atoms with Crippen LogP contribution >= 0.6 is 15.9 Å². The lowest BCUT2D eigenvalue weighted by Crippen LogP contribution is -2.26. The largest absolute Gasteiger partial charge is 0.459 e. The van der Waals surface area contributed by atoms with Gasteiger partial charge < -0.3 is 9.72 Å². The first kappa shape index (κ1) is 17.7. The fraction of sp³-hybridized carbons (Fsp3) is 0.250. The number of halogens is 1. The molecule has 0 amide bonds. The quantitative estimate of drug-likeness (QED) is 0.482. The Hall–Kier alpha value is -2.67. The summed E-state index contributed by atoms with van der Waals surface area (Å²) in [5.41, 5.74) is 3.20. The predicted octanol–water partition coefficient (Wildman–Crippen LogP) is 4.68. The number of benzene rings is 2. The van der Waals surface area contributed by atoms with E-state index in [1.807, 2.05) is 63.2 Å². The Labute approximate surface area is 164 Å². The van der Waals surface area contributed by atoms with Crippen LogP contribution in [0.5, 0.6) is 0 Å². The summed E-state index contributed by atoms with van der Waals surface area (Å²) in [6.45, 7) is 5.61. The third kappa shape index (κ3) is 3.60. The predicted molar refractivity (Wildman–Crippen MR) is 108 cm³/mol. The zero-order valence-electron chi connectivity index (χ0n) is 15.3. The molecule has 0 radical (unpaired) electrons. The second-order valence-electron chi connectivity index (χ2n) is 7.37. The number of ether oxygens (including phenoxy) is 1. The maximum absolute atomic E-state index is 12.2. The number of imidazole rings is 1. The molecule has 0 fully saturated rings. The van der Waals surface area contributed by atoms with Crippen molar-refractivity contribution in [3.63, 3.8) is 0 Å². The molecule has 27 heavy (non-hydrogen) atoms. The Morgan fingerprint density at radius 3 is 2.74 bits per heavy atom. The number of carbonyl (C=O) groups is 1. The number of carbonyl (C=O) groups excluding carboxylic acids is 1. The van der Waals surface area contributed by atoms with E-state index < -0.39 is 5.60 Å². The molecule has 0 aliphatic carbocycles. The first-order valence-electron chi connectivity index (χ1n) is 8.63. The first-order valence-corrected chi connectivity index (χ1v) is 9.42. The van der Waals surface area contributed by atoms with Gasteiger partial charge in [-0.2, -0.15) is 5.10 Å². The van der Waals surface area contributed by atoms with E-state index in [1.54, 1.807) is 4.68 Å². The van der Waals surface area contributed by atoms with Crippen LogP contribution in [-0.4, -0.2) is 31.3 Å². The minimum Gasteiger partial charge on any atom is -0.459 e. The van der Waals surface area contributed by atoms with Crippen molar-refractivity contribution < 1.29 is 9.53 Å². The van der Waals surface area contributed by atoms with Crippen LogP contribution in [0.1, 0.15) is 20.8 Å². The highest BCUT2D eigenvalue weighted by atomic mass is 79.9. The molecule has 0 aliphatic rings. The van der Waals surface area contributed by atoms with Crippen LogP contribution in [0, 0.1) is 0 Å². The van der Waals surface area contributed by atoms with Crippen LogP contribution in [0.2, 0.25) is 0 Å². The molecular formula is C20H19BrN4O2. The lowest BCUT2D eigenvalue weighted by atomic mass is 10.1. The maximum atomic E-state index is 12.2. The molecule has 6 nitrogen and oxygen atoms in total. The third-order valence-electron chi connectivity index (χ3n) is 4.07. The van der Waals surface area contributed by atoms with Crippen LogP contribution in [0.4, 0.5) is 0 Å². The summed E-state index contributed by atoms with van der Waals surface area (Å²) in [6, 6.07) is 13.8. The third-order valence-corrected chi connectivity index (χ3v) is 4.65. The van der Waals surface area contributed by atoms with E-state index >= 15 is 0 Å². The van der Waals surface area contributed by atoms with Crippen molar-refractivity contribution in [2.45, 2.75) is 32.9 Å². The van der Waals surface area contributed by atoms with Gasteiger partial charge in [0, 0.05) is 10.9 Å². The van der Waals surface area contributed by atoms with Gasteiger partial charge in [-0.05, 0) is 67.0 Å². The first-order chi connectivity index (χ1) is 12.8. The number of nitrogens with one attached hydrogen (secondary N) is 1. The van der Waals surface area contributed by atoms with E-state index in [-0.39, 0.29) is 12.5 Å². The van der Waals surface area contributed by atoms with E-state index in [1.165, 1.54) is 0 Å². The molecule has 0 unspecified atom stereocenters. The van der Waals surface area contributed by atoms with Crippen molar-refractivity contribution in [3.05, 3.63) is 47.1 Å². The Bertz CT molecular complexity index is 1120. The number of hydrogen-bond donors (Lipinski definition) is 1. The number of hydrogen-bond acceptors (Lipinski definition) is 4. The molecule has 0 saturated carbocycles. The second kappa shape index (κ2) is 6.49. The minimum atomic E-state index is -0.522. The smallest absolute Gasteiger partial charge is 0.328 e. The van der Waals surface area contributed by atoms with Crippen LogP contribution in [0.25, 0.3) is 33.3 Å². The molecule has 4 aromatic rings. The van der Waals surface area contributed by atoms with Gasteiger partial charge in [-0.25, -0.2) is 4.98 Å². The maximum Gasteiger partial charge on any atom is 0.328 e. The monoisotopic (exact) mass is 426 g/mol. The molecule has 4 rings (SSSR count). The van der Waals surface area contributed by atoms with E-state index in [2.05, 4.69) is 31.0 Å². The minimum absolute atomic E-state index is 0.0589. The Morgan fingerprint density at radius 1 is 1.22 bits per heavy atom. The number of H-pyrrole nitrogens is 1. The molecule has 2 aromatic carbocycles. The molecule has 0 spiro atoms. The highest BCUT2D eigenvalue weighted by Gasteiger charge is 2.19. The average molecular weight is 427 g/mol. The highest BCUT2D eigenvalue weighted by Crippen LogP contribution is 2.29. The van der Waals surface area contributed by atoms with Gasteiger partial charge in [0.25, 0.3) is 0 Å². The van der Waals surface area contributed by atoms with Gasteiger partial charge in [-0.15, -0.1) is 0 Å². The Morgan fingerprint density at radius 2 is 2.00 bits per heavy atom. The second-order valence-corrected chi connectivity index (χ2v) is 8.12.